The van der Waals surface area contributed by atoms with Crippen LogP contribution in [0.4, 0.5) is 0 Å². The molecule has 5 heteroatoms. The molecule has 0 aromatic carbocycles. The summed E-state index contributed by atoms with van der Waals surface area (Å²) in [6, 6.07) is 4.12. The van der Waals surface area contributed by atoms with E-state index in [2.05, 4.69) is 41.0 Å². The van der Waals surface area contributed by atoms with Gasteiger partial charge in [0.2, 0.25) is 0 Å². The maximum absolute atomic E-state index is 5.35. The van der Waals surface area contributed by atoms with E-state index in [0.29, 0.717) is 19.1 Å². The van der Waals surface area contributed by atoms with Crippen molar-refractivity contribution >= 4 is 11.3 Å². The van der Waals surface area contributed by atoms with Gasteiger partial charge in [0.15, 0.2) is 0 Å². The van der Waals surface area contributed by atoms with E-state index in [1.54, 1.807) is 11.3 Å². The number of aromatic amines is 1. The number of hydrogen-bond donors (Lipinski definition) is 2. The smallest absolute Gasteiger partial charge is 0.0795 e. The maximum atomic E-state index is 5.35. The fraction of sp³-hybridized carbons (Fsp3) is 0.417. The van der Waals surface area contributed by atoms with Crippen LogP contribution in [0.1, 0.15) is 19.4 Å². The van der Waals surface area contributed by atoms with Gasteiger partial charge >= 0.3 is 0 Å². The van der Waals surface area contributed by atoms with Gasteiger partial charge in [-0.25, -0.2) is 0 Å². The van der Waals surface area contributed by atoms with Crippen LogP contribution in [-0.2, 0) is 11.4 Å². The van der Waals surface area contributed by atoms with Crippen LogP contribution in [0.5, 0.6) is 0 Å². The van der Waals surface area contributed by atoms with E-state index in [-0.39, 0.29) is 0 Å². The zero-order valence-electron chi connectivity index (χ0n) is 10.1. The van der Waals surface area contributed by atoms with Gasteiger partial charge in [-0.3, -0.25) is 5.10 Å². The molecular formula is C12H17N3OS. The van der Waals surface area contributed by atoms with Gasteiger partial charge < -0.3 is 4.84 Å². The molecule has 2 aromatic heterocycles. The molecule has 0 unspecified atom stereocenters. The van der Waals surface area contributed by atoms with E-state index < -0.39 is 0 Å². The average Bonchev–Trinajstić information content (AvgIpc) is 2.94. The monoisotopic (exact) mass is 251 g/mol. The lowest BCUT2D eigenvalue weighted by atomic mass is 10.2. The number of aromatic nitrogens is 2. The van der Waals surface area contributed by atoms with Crippen molar-refractivity contribution in [2.45, 2.75) is 20.4 Å². The molecule has 0 spiro atoms. The molecule has 0 saturated heterocycles. The van der Waals surface area contributed by atoms with Gasteiger partial charge in [0.25, 0.3) is 0 Å². The summed E-state index contributed by atoms with van der Waals surface area (Å²) in [5.74, 6) is 0.531. The molecule has 0 aliphatic heterocycles. The lowest BCUT2D eigenvalue weighted by Crippen LogP contribution is -2.17. The minimum absolute atomic E-state index is 0.531. The van der Waals surface area contributed by atoms with Crippen molar-refractivity contribution in [3.8, 4) is 10.6 Å². The highest BCUT2D eigenvalue weighted by molar-refractivity contribution is 7.13. The molecule has 0 aliphatic rings. The van der Waals surface area contributed by atoms with Crippen molar-refractivity contribution in [1.29, 1.82) is 0 Å². The first kappa shape index (κ1) is 12.3. The molecule has 0 saturated carbocycles. The number of rotatable bonds is 6. The number of nitrogens with one attached hydrogen (secondary N) is 2. The Kier molecular flexibility index (Phi) is 4.30. The summed E-state index contributed by atoms with van der Waals surface area (Å²) < 4.78 is 0. The highest BCUT2D eigenvalue weighted by Gasteiger charge is 2.08. The third-order valence-electron chi connectivity index (χ3n) is 2.27. The molecule has 2 rings (SSSR count). The molecule has 0 aliphatic carbocycles. The van der Waals surface area contributed by atoms with Crippen molar-refractivity contribution in [3.63, 3.8) is 0 Å². The summed E-state index contributed by atoms with van der Waals surface area (Å²) in [6.45, 7) is 5.62. The topological polar surface area (TPSA) is 49.9 Å². The minimum atomic E-state index is 0.531. The van der Waals surface area contributed by atoms with Crippen molar-refractivity contribution in [2.24, 2.45) is 5.92 Å². The van der Waals surface area contributed by atoms with Crippen molar-refractivity contribution in [3.05, 3.63) is 29.3 Å². The Bertz CT molecular complexity index is 436. The first-order chi connectivity index (χ1) is 8.27. The fourth-order valence-electron chi connectivity index (χ4n) is 1.43. The van der Waals surface area contributed by atoms with Gasteiger partial charge in [-0.2, -0.15) is 10.6 Å². The molecule has 2 N–H and O–H groups in total. The zero-order valence-corrected chi connectivity index (χ0v) is 10.9. The van der Waals surface area contributed by atoms with Crippen LogP contribution in [0, 0.1) is 5.92 Å². The van der Waals surface area contributed by atoms with Crippen LogP contribution in [0.3, 0.4) is 0 Å². The number of nitrogens with zero attached hydrogens (tertiary/aromatic N) is 1. The number of hydroxylamine groups is 1. The Hall–Kier alpha value is -1.17. The summed E-state index contributed by atoms with van der Waals surface area (Å²) in [7, 11) is 0. The molecule has 2 aromatic rings. The summed E-state index contributed by atoms with van der Waals surface area (Å²) >= 11 is 1.70. The molecule has 0 atom stereocenters. The molecule has 0 amide bonds. The van der Waals surface area contributed by atoms with E-state index >= 15 is 0 Å². The second-order valence-electron chi connectivity index (χ2n) is 4.27. The van der Waals surface area contributed by atoms with Crippen LogP contribution in [0.25, 0.3) is 10.6 Å². The van der Waals surface area contributed by atoms with Crippen LogP contribution in [0.15, 0.2) is 23.7 Å². The van der Waals surface area contributed by atoms with Crippen LogP contribution >= 0.6 is 11.3 Å². The standard InChI is InChI=1S/C12H17N3OS/c1-9(2)8-16-14-7-10-6-13-15-12(10)11-4-3-5-17-11/h3-6,9,14H,7-8H2,1-2H3,(H,13,15). The van der Waals surface area contributed by atoms with Crippen LogP contribution in [-0.4, -0.2) is 16.8 Å². The van der Waals surface area contributed by atoms with E-state index in [0.717, 1.165) is 11.3 Å². The van der Waals surface area contributed by atoms with E-state index in [4.69, 9.17) is 4.84 Å². The van der Waals surface area contributed by atoms with E-state index in [1.807, 2.05) is 12.3 Å². The second kappa shape index (κ2) is 5.95. The molecular weight excluding hydrogens is 234 g/mol. The normalized spacial score (nSPS) is 11.2. The van der Waals surface area contributed by atoms with Crippen molar-refractivity contribution in [1.82, 2.24) is 15.7 Å². The molecule has 0 radical (unpaired) electrons. The molecule has 92 valence electrons. The lowest BCUT2D eigenvalue weighted by molar-refractivity contribution is 0.0197. The predicted molar refractivity (Wildman–Crippen MR) is 69.5 cm³/mol. The summed E-state index contributed by atoms with van der Waals surface area (Å²) in [5.41, 5.74) is 5.16. The first-order valence-electron chi connectivity index (χ1n) is 5.68. The maximum Gasteiger partial charge on any atom is 0.0795 e. The highest BCUT2D eigenvalue weighted by Crippen LogP contribution is 2.25. The van der Waals surface area contributed by atoms with Gasteiger partial charge in [0.1, 0.15) is 0 Å². The molecule has 4 nitrogen and oxygen atoms in total. The molecule has 2 heterocycles. The largest absolute Gasteiger partial charge is 0.301 e. The summed E-state index contributed by atoms with van der Waals surface area (Å²) in [6.07, 6.45) is 1.83. The third kappa shape index (κ3) is 3.39. The van der Waals surface area contributed by atoms with Gasteiger partial charge in [0, 0.05) is 12.1 Å². The third-order valence-corrected chi connectivity index (χ3v) is 3.15. The highest BCUT2D eigenvalue weighted by atomic mass is 32.1. The Labute approximate surface area is 105 Å². The molecule has 17 heavy (non-hydrogen) atoms. The van der Waals surface area contributed by atoms with Gasteiger partial charge in [-0.1, -0.05) is 19.9 Å². The number of hydrogen-bond acceptors (Lipinski definition) is 4. The Balaban J connectivity index is 1.91. The second-order valence-corrected chi connectivity index (χ2v) is 5.22. The van der Waals surface area contributed by atoms with E-state index in [1.165, 1.54) is 4.88 Å². The van der Waals surface area contributed by atoms with Gasteiger partial charge in [-0.05, 0) is 17.4 Å². The Morgan fingerprint density at radius 2 is 2.41 bits per heavy atom. The molecule has 0 fully saturated rings. The Morgan fingerprint density at radius 3 is 3.12 bits per heavy atom. The van der Waals surface area contributed by atoms with Crippen LogP contribution in [0.2, 0.25) is 0 Å². The average molecular weight is 251 g/mol. The lowest BCUT2D eigenvalue weighted by Gasteiger charge is -2.07. The van der Waals surface area contributed by atoms with Crippen LogP contribution < -0.4 is 5.48 Å². The number of thiophene rings is 1. The van der Waals surface area contributed by atoms with E-state index in [9.17, 15) is 0 Å². The van der Waals surface area contributed by atoms with Crippen molar-refractivity contribution in [2.75, 3.05) is 6.61 Å². The Morgan fingerprint density at radius 1 is 1.53 bits per heavy atom. The number of H-pyrrole nitrogens is 1. The molecule has 0 bridgehead atoms. The first-order valence-corrected chi connectivity index (χ1v) is 6.56. The minimum Gasteiger partial charge on any atom is -0.301 e. The van der Waals surface area contributed by atoms with Crippen molar-refractivity contribution < 1.29 is 4.84 Å². The predicted octanol–water partition coefficient (Wildman–Crippen LogP) is 2.82. The fourth-order valence-corrected chi connectivity index (χ4v) is 2.19. The summed E-state index contributed by atoms with van der Waals surface area (Å²) in [5, 5.41) is 9.16. The summed E-state index contributed by atoms with van der Waals surface area (Å²) in [4.78, 5) is 6.55. The van der Waals surface area contributed by atoms with Gasteiger partial charge in [-0.15, -0.1) is 11.3 Å². The zero-order chi connectivity index (χ0) is 12.1. The SMILES string of the molecule is CC(C)CONCc1cn[nH]c1-c1cccs1. The van der Waals surface area contributed by atoms with Gasteiger partial charge in [0.05, 0.1) is 23.4 Å². The quantitative estimate of drug-likeness (QED) is 0.613.